The van der Waals surface area contributed by atoms with Gasteiger partial charge in [-0.3, -0.25) is 9.48 Å². The number of amides is 1. The molecular weight excluding hydrogens is 366 g/mol. The van der Waals surface area contributed by atoms with E-state index in [1.54, 1.807) is 4.68 Å². The number of carbonyl (C=O) groups is 1. The number of carbonyl (C=O) groups excluding carboxylic acids is 1. The third-order valence-electron chi connectivity index (χ3n) is 6.08. The first-order valence-corrected chi connectivity index (χ1v) is 10.6. The van der Waals surface area contributed by atoms with Crippen molar-refractivity contribution < 1.29 is 4.79 Å². The normalized spacial score (nSPS) is 17.7. The third kappa shape index (κ3) is 3.93. The van der Waals surface area contributed by atoms with Crippen LogP contribution in [0.2, 0.25) is 0 Å². The summed E-state index contributed by atoms with van der Waals surface area (Å²) in [6.07, 6.45) is 3.76. The Labute approximate surface area is 172 Å². The summed E-state index contributed by atoms with van der Waals surface area (Å²) in [5.74, 6) is 1.89. The lowest BCUT2D eigenvalue weighted by Gasteiger charge is -2.35. The minimum absolute atomic E-state index is 0.0758. The number of aryl methyl sites for hydroxylation is 3. The van der Waals surface area contributed by atoms with Crippen LogP contribution in [0.15, 0.2) is 6.07 Å². The van der Waals surface area contributed by atoms with Crippen LogP contribution in [0.1, 0.15) is 46.7 Å². The summed E-state index contributed by atoms with van der Waals surface area (Å²) in [5.41, 5.74) is 3.45. The summed E-state index contributed by atoms with van der Waals surface area (Å²) >= 11 is 0. The summed E-state index contributed by atoms with van der Waals surface area (Å²) in [6.45, 7) is 10.9. The van der Waals surface area contributed by atoms with Gasteiger partial charge in [-0.1, -0.05) is 0 Å². The third-order valence-corrected chi connectivity index (χ3v) is 6.08. The Balaban J connectivity index is 1.45. The summed E-state index contributed by atoms with van der Waals surface area (Å²) in [6, 6.07) is 2.09. The molecule has 0 aliphatic carbocycles. The van der Waals surface area contributed by atoms with Gasteiger partial charge in [-0.05, 0) is 40.0 Å². The van der Waals surface area contributed by atoms with Crippen LogP contribution in [0.4, 0.5) is 11.8 Å². The van der Waals surface area contributed by atoms with Crippen LogP contribution in [-0.2, 0) is 7.05 Å². The fraction of sp³-hybridized carbons (Fsp3) is 0.619. The topological polar surface area (TPSA) is 70.4 Å². The molecule has 2 aromatic heterocycles. The largest absolute Gasteiger partial charge is 0.356 e. The Bertz CT molecular complexity index is 893. The van der Waals surface area contributed by atoms with Gasteiger partial charge in [-0.25, -0.2) is 4.98 Å². The fourth-order valence-electron chi connectivity index (χ4n) is 4.31. The second-order valence-electron chi connectivity index (χ2n) is 8.16. The Morgan fingerprint density at radius 2 is 1.59 bits per heavy atom. The average Bonchev–Trinajstić information content (AvgIpc) is 2.99. The zero-order chi connectivity index (χ0) is 20.5. The fourth-order valence-corrected chi connectivity index (χ4v) is 4.31. The molecule has 2 fully saturated rings. The zero-order valence-electron chi connectivity index (χ0n) is 18.0. The molecular formula is C21H31N7O. The van der Waals surface area contributed by atoms with E-state index in [-0.39, 0.29) is 5.91 Å². The molecule has 2 aromatic rings. The molecule has 29 heavy (non-hydrogen) atoms. The van der Waals surface area contributed by atoms with Gasteiger partial charge in [0.25, 0.3) is 5.91 Å². The molecule has 1 amide bonds. The van der Waals surface area contributed by atoms with E-state index in [1.807, 2.05) is 32.7 Å². The van der Waals surface area contributed by atoms with Crippen LogP contribution in [-0.4, -0.2) is 69.8 Å². The number of piperidine rings is 1. The number of rotatable bonds is 3. The first kappa shape index (κ1) is 19.7. The highest BCUT2D eigenvalue weighted by Gasteiger charge is 2.27. The van der Waals surface area contributed by atoms with E-state index >= 15 is 0 Å². The van der Waals surface area contributed by atoms with Crippen molar-refractivity contribution in [2.45, 2.75) is 40.0 Å². The van der Waals surface area contributed by atoms with Crippen LogP contribution in [0.25, 0.3) is 0 Å². The summed E-state index contributed by atoms with van der Waals surface area (Å²) in [7, 11) is 1.88. The molecule has 0 N–H and O–H groups in total. The molecule has 0 radical (unpaired) electrons. The summed E-state index contributed by atoms with van der Waals surface area (Å²) < 4.78 is 1.78. The van der Waals surface area contributed by atoms with Crippen molar-refractivity contribution >= 4 is 17.7 Å². The first-order chi connectivity index (χ1) is 13.9. The molecule has 156 valence electrons. The van der Waals surface area contributed by atoms with Crippen molar-refractivity contribution in [2.24, 2.45) is 7.05 Å². The highest BCUT2D eigenvalue weighted by atomic mass is 16.2. The van der Waals surface area contributed by atoms with E-state index in [2.05, 4.69) is 25.9 Å². The maximum absolute atomic E-state index is 13.0. The van der Waals surface area contributed by atoms with E-state index in [0.29, 0.717) is 13.1 Å². The van der Waals surface area contributed by atoms with Crippen LogP contribution >= 0.6 is 0 Å². The lowest BCUT2D eigenvalue weighted by atomic mass is 10.1. The first-order valence-electron chi connectivity index (χ1n) is 10.6. The molecule has 0 unspecified atom stereocenters. The highest BCUT2D eigenvalue weighted by Crippen LogP contribution is 2.23. The minimum atomic E-state index is 0.0758. The molecule has 0 atom stereocenters. The number of anilines is 2. The van der Waals surface area contributed by atoms with E-state index in [0.717, 1.165) is 60.6 Å². The van der Waals surface area contributed by atoms with Crippen LogP contribution in [0.5, 0.6) is 0 Å². The summed E-state index contributed by atoms with van der Waals surface area (Å²) in [4.78, 5) is 29.1. The highest BCUT2D eigenvalue weighted by molar-refractivity contribution is 5.96. The molecule has 2 aliphatic rings. The Morgan fingerprint density at radius 1 is 0.897 bits per heavy atom. The quantitative estimate of drug-likeness (QED) is 0.790. The minimum Gasteiger partial charge on any atom is -0.356 e. The number of piperazine rings is 1. The molecule has 0 spiro atoms. The molecule has 0 saturated carbocycles. The van der Waals surface area contributed by atoms with Gasteiger partial charge in [0.15, 0.2) is 0 Å². The smallest absolute Gasteiger partial charge is 0.257 e. The number of hydrogen-bond donors (Lipinski definition) is 0. The van der Waals surface area contributed by atoms with Gasteiger partial charge in [-0.15, -0.1) is 0 Å². The predicted molar refractivity (Wildman–Crippen MR) is 114 cm³/mol. The van der Waals surface area contributed by atoms with E-state index < -0.39 is 0 Å². The van der Waals surface area contributed by atoms with Crippen molar-refractivity contribution in [1.82, 2.24) is 24.6 Å². The predicted octanol–water partition coefficient (Wildman–Crippen LogP) is 2.09. The number of aromatic nitrogens is 4. The lowest BCUT2D eigenvalue weighted by molar-refractivity contribution is 0.0744. The molecule has 2 aliphatic heterocycles. The van der Waals surface area contributed by atoms with E-state index in [4.69, 9.17) is 4.98 Å². The lowest BCUT2D eigenvalue weighted by Crippen LogP contribution is -2.49. The van der Waals surface area contributed by atoms with Gasteiger partial charge in [0, 0.05) is 63.8 Å². The maximum Gasteiger partial charge on any atom is 0.257 e. The van der Waals surface area contributed by atoms with Crippen LogP contribution in [0.3, 0.4) is 0 Å². The molecule has 0 aromatic carbocycles. The Hall–Kier alpha value is -2.64. The molecule has 8 heteroatoms. The Morgan fingerprint density at radius 3 is 2.21 bits per heavy atom. The van der Waals surface area contributed by atoms with Crippen LogP contribution in [0, 0.1) is 20.8 Å². The molecule has 8 nitrogen and oxygen atoms in total. The van der Waals surface area contributed by atoms with Crippen LogP contribution < -0.4 is 9.80 Å². The van der Waals surface area contributed by atoms with Crippen molar-refractivity contribution in [1.29, 1.82) is 0 Å². The molecule has 4 heterocycles. The second-order valence-corrected chi connectivity index (χ2v) is 8.16. The van der Waals surface area contributed by atoms with Crippen molar-refractivity contribution in [3.05, 3.63) is 28.7 Å². The maximum atomic E-state index is 13.0. The molecule has 2 saturated heterocycles. The average molecular weight is 398 g/mol. The van der Waals surface area contributed by atoms with Gasteiger partial charge in [0.05, 0.1) is 11.3 Å². The zero-order valence-corrected chi connectivity index (χ0v) is 18.0. The van der Waals surface area contributed by atoms with E-state index in [9.17, 15) is 4.79 Å². The van der Waals surface area contributed by atoms with Gasteiger partial charge in [0.2, 0.25) is 5.95 Å². The van der Waals surface area contributed by atoms with Crippen molar-refractivity contribution in [2.75, 3.05) is 49.1 Å². The van der Waals surface area contributed by atoms with Gasteiger partial charge < -0.3 is 14.7 Å². The number of hydrogen-bond acceptors (Lipinski definition) is 6. The van der Waals surface area contributed by atoms with Crippen molar-refractivity contribution in [3.63, 3.8) is 0 Å². The summed E-state index contributed by atoms with van der Waals surface area (Å²) in [5, 5.41) is 4.39. The standard InChI is InChI=1S/C21H31N7O/c1-15-14-18(26-8-6-5-7-9-26)23-21(22-15)28-12-10-27(11-13-28)20(29)19-16(2)24-25(4)17(19)3/h14H,5-13H2,1-4H3. The number of nitrogens with zero attached hydrogens (tertiary/aromatic N) is 7. The molecule has 0 bridgehead atoms. The molecule has 4 rings (SSSR count). The second kappa shape index (κ2) is 8.00. The monoisotopic (exact) mass is 397 g/mol. The van der Waals surface area contributed by atoms with E-state index in [1.165, 1.54) is 19.3 Å². The van der Waals surface area contributed by atoms with Crippen molar-refractivity contribution in [3.8, 4) is 0 Å². The Kier molecular flexibility index (Phi) is 5.43. The van der Waals surface area contributed by atoms with Gasteiger partial charge >= 0.3 is 0 Å². The van der Waals surface area contributed by atoms with Gasteiger partial charge in [0.1, 0.15) is 5.82 Å². The SMILES string of the molecule is Cc1cc(N2CCCCC2)nc(N2CCN(C(=O)c3c(C)nn(C)c3C)CC2)n1. The van der Waals surface area contributed by atoms with Gasteiger partial charge in [-0.2, -0.15) is 10.1 Å².